The zero-order valence-electron chi connectivity index (χ0n) is 13.9. The summed E-state index contributed by atoms with van der Waals surface area (Å²) in [5.74, 6) is -2.51. The number of nitrogen functional groups attached to an aromatic ring is 1. The van der Waals surface area contributed by atoms with E-state index in [1.165, 1.54) is 10.9 Å². The predicted octanol–water partition coefficient (Wildman–Crippen LogP) is -0.891. The lowest BCUT2D eigenvalue weighted by molar-refractivity contribution is -0.0481. The molecule has 0 aromatic carbocycles. The van der Waals surface area contributed by atoms with E-state index in [0.717, 1.165) is 6.07 Å². The molecule has 156 valence electrons. The fraction of sp³-hybridized carbons (Fsp3) is 0.500. The van der Waals surface area contributed by atoms with Gasteiger partial charge in [0.1, 0.15) is 23.8 Å². The van der Waals surface area contributed by atoms with E-state index in [1.54, 1.807) is 0 Å². The van der Waals surface area contributed by atoms with E-state index in [4.69, 9.17) is 20.3 Å². The zero-order valence-corrected chi connectivity index (χ0v) is 15.7. The highest BCUT2D eigenvalue weighted by atomic mass is 31.2. The van der Waals surface area contributed by atoms with Crippen LogP contribution >= 0.6 is 15.2 Å². The molecule has 1 fully saturated rings. The van der Waals surface area contributed by atoms with E-state index < -0.39 is 58.2 Å². The van der Waals surface area contributed by atoms with Crippen molar-refractivity contribution < 1.29 is 47.7 Å². The number of ether oxygens (including phenoxy) is 1. The van der Waals surface area contributed by atoms with E-state index in [-0.39, 0.29) is 16.9 Å². The smallest absolute Gasteiger partial charge is 0.340 e. The van der Waals surface area contributed by atoms with Gasteiger partial charge in [0.25, 0.3) is 0 Å². The molecule has 13 nitrogen and oxygen atoms in total. The minimum absolute atomic E-state index is 0.122. The Bertz CT molecular complexity index is 981. The Morgan fingerprint density at radius 2 is 1.96 bits per heavy atom. The third-order valence-corrected chi connectivity index (χ3v) is 7.43. The number of nitrogens with two attached hydrogens (primary N) is 1. The van der Waals surface area contributed by atoms with Crippen molar-refractivity contribution in [2.75, 3.05) is 18.2 Å². The Kier molecular flexibility index (Phi) is 5.62. The van der Waals surface area contributed by atoms with E-state index in [1.807, 2.05) is 0 Å². The van der Waals surface area contributed by atoms with Crippen molar-refractivity contribution >= 4 is 32.0 Å². The van der Waals surface area contributed by atoms with Crippen LogP contribution in [0.5, 0.6) is 0 Å². The van der Waals surface area contributed by atoms with Crippen molar-refractivity contribution in [3.63, 3.8) is 0 Å². The second-order valence-corrected chi connectivity index (χ2v) is 10.1. The summed E-state index contributed by atoms with van der Waals surface area (Å²) in [5.41, 5.74) is 5.84. The number of halogens is 1. The Labute approximate surface area is 156 Å². The molecular weight excluding hydrogens is 425 g/mol. The molecule has 0 bridgehead atoms. The highest BCUT2D eigenvalue weighted by molar-refractivity contribution is 7.70. The largest absolute Gasteiger partial charge is 0.387 e. The lowest BCUT2D eigenvalue weighted by Gasteiger charge is -2.18. The van der Waals surface area contributed by atoms with Gasteiger partial charge >= 0.3 is 15.2 Å². The number of aliphatic hydroxyl groups is 2. The SMILES string of the molecule is Nc1nc(F)cc2c1ncn2[C@@H]1O[C@H](COP(=O)(O)CP(=O)(O)O)[C@@H](O)[C@H]1O. The van der Waals surface area contributed by atoms with Crippen LogP contribution in [0.25, 0.3) is 11.0 Å². The van der Waals surface area contributed by atoms with E-state index in [9.17, 15) is 28.6 Å². The van der Waals surface area contributed by atoms with Crippen molar-refractivity contribution in [3.8, 4) is 0 Å². The molecule has 0 radical (unpaired) electrons. The molecule has 2 aromatic rings. The number of hydrogen-bond acceptors (Lipinski definition) is 9. The highest BCUT2D eigenvalue weighted by Gasteiger charge is 2.45. The fourth-order valence-corrected chi connectivity index (χ4v) is 5.36. The van der Waals surface area contributed by atoms with Crippen LogP contribution in [-0.4, -0.2) is 70.3 Å². The summed E-state index contributed by atoms with van der Waals surface area (Å²) in [6.07, 6.45) is -4.55. The molecule has 1 saturated heterocycles. The molecule has 1 unspecified atom stereocenters. The lowest BCUT2D eigenvalue weighted by atomic mass is 10.1. The van der Waals surface area contributed by atoms with Gasteiger partial charge in [-0.15, -0.1) is 0 Å². The molecule has 5 atom stereocenters. The van der Waals surface area contributed by atoms with E-state index in [2.05, 4.69) is 14.5 Å². The molecular formula is C12H17FN4O9P2. The first kappa shape index (κ1) is 21.2. The van der Waals surface area contributed by atoms with Crippen molar-refractivity contribution in [1.82, 2.24) is 14.5 Å². The standard InChI is InChI=1S/C12H17FN4O9P2/c13-7-1-5-8(11(14)16-7)15-3-17(5)12-10(19)9(18)6(26-12)2-25-28(23,24)4-27(20,21)22/h1,3,6,9-10,12,18-19H,2,4H2,(H2,14,16)(H,23,24)(H2,20,21,22)/t6-,9-,10-,12-/m1/s1. The number of imidazole rings is 1. The molecule has 3 rings (SSSR count). The van der Waals surface area contributed by atoms with Gasteiger partial charge in [0, 0.05) is 6.07 Å². The van der Waals surface area contributed by atoms with Crippen molar-refractivity contribution in [2.24, 2.45) is 0 Å². The van der Waals surface area contributed by atoms with Crippen molar-refractivity contribution in [2.45, 2.75) is 24.5 Å². The van der Waals surface area contributed by atoms with Gasteiger partial charge in [-0.3, -0.25) is 9.13 Å². The van der Waals surface area contributed by atoms with Gasteiger partial charge in [-0.2, -0.15) is 4.39 Å². The van der Waals surface area contributed by atoms with Gasteiger partial charge in [0.05, 0.1) is 18.5 Å². The van der Waals surface area contributed by atoms with Crippen LogP contribution in [-0.2, 0) is 18.4 Å². The number of anilines is 1. The average molecular weight is 442 g/mol. The summed E-state index contributed by atoms with van der Waals surface area (Å²) in [6.45, 7) is -0.743. The molecule has 1 aliphatic rings. The zero-order chi connectivity index (χ0) is 20.9. The normalized spacial score (nSPS) is 27.9. The van der Waals surface area contributed by atoms with Gasteiger partial charge in [-0.1, -0.05) is 0 Å². The molecule has 1 aliphatic heterocycles. The summed E-state index contributed by atoms with van der Waals surface area (Å²) in [6, 6.07) is 0.993. The molecule has 16 heteroatoms. The van der Waals surface area contributed by atoms with E-state index >= 15 is 0 Å². The summed E-state index contributed by atoms with van der Waals surface area (Å²) in [4.78, 5) is 34.4. The number of aliphatic hydroxyl groups excluding tert-OH is 2. The topological polar surface area (TPSA) is 210 Å². The average Bonchev–Trinajstić information content (AvgIpc) is 3.06. The van der Waals surface area contributed by atoms with Crippen LogP contribution in [0.3, 0.4) is 0 Å². The number of fused-ring (bicyclic) bond motifs is 1. The van der Waals surface area contributed by atoms with Crippen LogP contribution in [0.2, 0.25) is 0 Å². The van der Waals surface area contributed by atoms with Gasteiger partial charge in [0.2, 0.25) is 5.95 Å². The molecule has 28 heavy (non-hydrogen) atoms. The maximum Gasteiger partial charge on any atom is 0.340 e. The van der Waals surface area contributed by atoms with E-state index in [0.29, 0.717) is 0 Å². The van der Waals surface area contributed by atoms with Gasteiger partial charge in [-0.25, -0.2) is 9.97 Å². The summed E-state index contributed by atoms with van der Waals surface area (Å²) in [5, 5.41) is 20.4. The van der Waals surface area contributed by atoms with Crippen LogP contribution in [0, 0.1) is 5.95 Å². The summed E-state index contributed by atoms with van der Waals surface area (Å²) in [7, 11) is -9.50. The van der Waals surface area contributed by atoms with Crippen LogP contribution in [0.1, 0.15) is 6.23 Å². The maximum atomic E-state index is 13.6. The quantitative estimate of drug-likeness (QED) is 0.238. The molecule has 3 heterocycles. The molecule has 0 spiro atoms. The third kappa shape index (κ3) is 4.40. The first-order chi connectivity index (χ1) is 12.9. The van der Waals surface area contributed by atoms with Crippen LogP contribution in [0.15, 0.2) is 12.4 Å². The molecule has 2 aromatic heterocycles. The first-order valence-corrected chi connectivity index (χ1v) is 11.2. The number of hydrogen-bond donors (Lipinski definition) is 6. The second kappa shape index (κ2) is 7.41. The molecule has 0 aliphatic carbocycles. The Hall–Kier alpha value is -1.47. The van der Waals surface area contributed by atoms with Crippen LogP contribution < -0.4 is 5.73 Å². The number of aromatic nitrogens is 3. The Balaban J connectivity index is 1.78. The van der Waals surface area contributed by atoms with Gasteiger partial charge in [0.15, 0.2) is 17.9 Å². The first-order valence-electron chi connectivity index (χ1n) is 7.69. The number of rotatable bonds is 6. The third-order valence-electron chi connectivity index (χ3n) is 3.97. The molecule has 0 saturated carbocycles. The minimum atomic E-state index is -4.82. The Morgan fingerprint density at radius 1 is 1.29 bits per heavy atom. The fourth-order valence-electron chi connectivity index (χ4n) is 2.79. The van der Waals surface area contributed by atoms with Crippen molar-refractivity contribution in [3.05, 3.63) is 18.3 Å². The Morgan fingerprint density at radius 3 is 2.61 bits per heavy atom. The summed E-state index contributed by atoms with van der Waals surface area (Å²) >= 11 is 0. The number of pyridine rings is 1. The summed E-state index contributed by atoms with van der Waals surface area (Å²) < 4.78 is 47.3. The van der Waals surface area contributed by atoms with Crippen molar-refractivity contribution in [1.29, 1.82) is 0 Å². The minimum Gasteiger partial charge on any atom is -0.387 e. The number of nitrogens with zero attached hydrogens (tertiary/aromatic N) is 3. The van der Waals surface area contributed by atoms with Gasteiger partial charge in [-0.05, 0) is 0 Å². The maximum absolute atomic E-state index is 13.6. The highest BCUT2D eigenvalue weighted by Crippen LogP contribution is 2.55. The molecule has 7 N–H and O–H groups in total. The lowest BCUT2D eigenvalue weighted by Crippen LogP contribution is -2.33. The second-order valence-electron chi connectivity index (χ2n) is 6.14. The van der Waals surface area contributed by atoms with Crippen LogP contribution in [0.4, 0.5) is 10.2 Å². The monoisotopic (exact) mass is 442 g/mol. The molecule has 0 amide bonds. The predicted molar refractivity (Wildman–Crippen MR) is 90.5 cm³/mol. The van der Waals surface area contributed by atoms with Gasteiger partial charge < -0.3 is 44.5 Å².